The fourth-order valence-electron chi connectivity index (χ4n) is 1.56. The van der Waals surface area contributed by atoms with Gasteiger partial charge in [0.25, 0.3) is 0 Å². The highest BCUT2D eigenvalue weighted by Gasteiger charge is 2.14. The maximum Gasteiger partial charge on any atom is 0.0400 e. The maximum absolute atomic E-state index is 5.86. The molecule has 0 bridgehead atoms. The summed E-state index contributed by atoms with van der Waals surface area (Å²) in [7, 11) is 0. The minimum absolute atomic E-state index is 0.000787. The van der Waals surface area contributed by atoms with Gasteiger partial charge in [-0.3, -0.25) is 0 Å². The molecule has 1 aromatic rings. The lowest BCUT2D eigenvalue weighted by molar-refractivity contribution is 0.429. The van der Waals surface area contributed by atoms with Crippen LogP contribution in [0.15, 0.2) is 18.2 Å². The topological polar surface area (TPSA) is 12.0 Å². The Hall–Kier alpha value is -0.530. The number of halogens is 1. The number of aryl methyl sites for hydroxylation is 2. The minimum atomic E-state index is -0.000787. The summed E-state index contributed by atoms with van der Waals surface area (Å²) in [5.74, 6) is 0.623. The number of hydrogen-bond donors (Lipinski definition) is 1. The second-order valence-corrected chi connectivity index (χ2v) is 5.13. The van der Waals surface area contributed by atoms with Crippen LogP contribution in [0.1, 0.15) is 30.5 Å². The molecule has 0 saturated heterocycles. The van der Waals surface area contributed by atoms with Crippen molar-refractivity contribution in [2.75, 3.05) is 5.88 Å². The average Bonchev–Trinajstić information content (AvgIpc) is 2.14. The molecular formula is C13H20ClN. The van der Waals surface area contributed by atoms with Crippen molar-refractivity contribution in [2.45, 2.75) is 39.8 Å². The van der Waals surface area contributed by atoms with Gasteiger partial charge < -0.3 is 5.32 Å². The van der Waals surface area contributed by atoms with Gasteiger partial charge in [0.05, 0.1) is 0 Å². The van der Waals surface area contributed by atoms with Crippen LogP contribution in [0.5, 0.6) is 0 Å². The lowest BCUT2D eigenvalue weighted by Crippen LogP contribution is -2.40. The average molecular weight is 226 g/mol. The standard InChI is InChI=1S/C13H20ClN/c1-10-5-11(2)7-12(6-10)8-15-13(3,4)9-14/h5-7,15H,8-9H2,1-4H3. The van der Waals surface area contributed by atoms with Crippen molar-refractivity contribution in [2.24, 2.45) is 0 Å². The van der Waals surface area contributed by atoms with Gasteiger partial charge in [-0.25, -0.2) is 0 Å². The van der Waals surface area contributed by atoms with Crippen molar-refractivity contribution in [1.82, 2.24) is 5.32 Å². The summed E-state index contributed by atoms with van der Waals surface area (Å²) in [6, 6.07) is 6.62. The molecule has 0 saturated carbocycles. The van der Waals surface area contributed by atoms with Gasteiger partial charge in [-0.1, -0.05) is 29.3 Å². The number of benzene rings is 1. The largest absolute Gasteiger partial charge is 0.307 e. The van der Waals surface area contributed by atoms with E-state index in [4.69, 9.17) is 11.6 Å². The van der Waals surface area contributed by atoms with Crippen LogP contribution in [0.3, 0.4) is 0 Å². The molecule has 0 radical (unpaired) electrons. The molecule has 0 unspecified atom stereocenters. The Morgan fingerprint density at radius 3 is 2.13 bits per heavy atom. The van der Waals surface area contributed by atoms with Crippen LogP contribution in [0, 0.1) is 13.8 Å². The van der Waals surface area contributed by atoms with Gasteiger partial charge in [-0.2, -0.15) is 0 Å². The Bertz CT molecular complexity index is 311. The molecule has 0 atom stereocenters. The van der Waals surface area contributed by atoms with E-state index in [0.29, 0.717) is 5.88 Å². The Morgan fingerprint density at radius 1 is 1.13 bits per heavy atom. The lowest BCUT2D eigenvalue weighted by atomic mass is 10.1. The quantitative estimate of drug-likeness (QED) is 0.775. The van der Waals surface area contributed by atoms with Crippen LogP contribution >= 0.6 is 11.6 Å². The molecule has 0 aromatic heterocycles. The van der Waals surface area contributed by atoms with Gasteiger partial charge in [0.1, 0.15) is 0 Å². The third-order valence-electron chi connectivity index (χ3n) is 2.39. The van der Waals surface area contributed by atoms with Crippen molar-refractivity contribution >= 4 is 11.6 Å². The predicted molar refractivity (Wildman–Crippen MR) is 67.6 cm³/mol. The molecule has 1 nitrogen and oxygen atoms in total. The summed E-state index contributed by atoms with van der Waals surface area (Å²) >= 11 is 5.86. The highest BCUT2D eigenvalue weighted by molar-refractivity contribution is 6.18. The van der Waals surface area contributed by atoms with Crippen molar-refractivity contribution in [3.8, 4) is 0 Å². The van der Waals surface area contributed by atoms with E-state index >= 15 is 0 Å². The molecule has 1 N–H and O–H groups in total. The fraction of sp³-hybridized carbons (Fsp3) is 0.538. The van der Waals surface area contributed by atoms with Crippen LogP contribution in [0.4, 0.5) is 0 Å². The van der Waals surface area contributed by atoms with Gasteiger partial charge in [-0.05, 0) is 33.3 Å². The summed E-state index contributed by atoms with van der Waals surface area (Å²) in [5.41, 5.74) is 3.95. The van der Waals surface area contributed by atoms with Gasteiger partial charge in [0.2, 0.25) is 0 Å². The molecule has 0 spiro atoms. The first-order valence-corrected chi connectivity index (χ1v) is 5.84. The van der Waals surface area contributed by atoms with Crippen molar-refractivity contribution in [1.29, 1.82) is 0 Å². The first-order valence-electron chi connectivity index (χ1n) is 5.31. The lowest BCUT2D eigenvalue weighted by Gasteiger charge is -2.23. The molecule has 1 aromatic carbocycles. The molecule has 0 aliphatic heterocycles. The van der Waals surface area contributed by atoms with Crippen LogP contribution in [0.2, 0.25) is 0 Å². The smallest absolute Gasteiger partial charge is 0.0400 e. The van der Waals surface area contributed by atoms with E-state index in [-0.39, 0.29) is 5.54 Å². The summed E-state index contributed by atoms with van der Waals surface area (Å²) in [4.78, 5) is 0. The normalized spacial score (nSPS) is 11.8. The molecule has 0 heterocycles. The molecular weight excluding hydrogens is 206 g/mol. The molecule has 84 valence electrons. The minimum Gasteiger partial charge on any atom is -0.307 e. The second kappa shape index (κ2) is 5.00. The summed E-state index contributed by atoms with van der Waals surface area (Å²) in [6.07, 6.45) is 0. The van der Waals surface area contributed by atoms with Crippen LogP contribution in [0.25, 0.3) is 0 Å². The van der Waals surface area contributed by atoms with E-state index in [9.17, 15) is 0 Å². The van der Waals surface area contributed by atoms with Crippen molar-refractivity contribution in [3.63, 3.8) is 0 Å². The van der Waals surface area contributed by atoms with Gasteiger partial charge >= 0.3 is 0 Å². The zero-order valence-electron chi connectivity index (χ0n) is 10.0. The van der Waals surface area contributed by atoms with E-state index < -0.39 is 0 Å². The third kappa shape index (κ3) is 4.23. The Balaban J connectivity index is 2.65. The molecule has 15 heavy (non-hydrogen) atoms. The first kappa shape index (κ1) is 12.5. The molecule has 2 heteroatoms. The number of hydrogen-bond acceptors (Lipinski definition) is 1. The monoisotopic (exact) mass is 225 g/mol. The summed E-state index contributed by atoms with van der Waals surface area (Å²) in [6.45, 7) is 9.36. The number of alkyl halides is 1. The van der Waals surface area contributed by atoms with Crippen molar-refractivity contribution < 1.29 is 0 Å². The molecule has 0 aliphatic rings. The zero-order valence-corrected chi connectivity index (χ0v) is 10.8. The molecule has 0 fully saturated rings. The molecule has 1 rings (SSSR count). The van der Waals surface area contributed by atoms with Crippen molar-refractivity contribution in [3.05, 3.63) is 34.9 Å². The number of rotatable bonds is 4. The summed E-state index contributed by atoms with van der Waals surface area (Å²) in [5, 5.41) is 3.45. The van der Waals surface area contributed by atoms with Gasteiger partial charge in [0, 0.05) is 18.0 Å². The highest BCUT2D eigenvalue weighted by atomic mass is 35.5. The molecule has 0 amide bonds. The second-order valence-electron chi connectivity index (χ2n) is 4.87. The van der Waals surface area contributed by atoms with Crippen LogP contribution in [-0.4, -0.2) is 11.4 Å². The van der Waals surface area contributed by atoms with E-state index in [0.717, 1.165) is 6.54 Å². The third-order valence-corrected chi connectivity index (χ3v) is 3.05. The predicted octanol–water partition coefficient (Wildman–Crippen LogP) is 3.41. The Labute approximate surface area is 97.8 Å². The van der Waals surface area contributed by atoms with E-state index in [2.05, 4.69) is 51.2 Å². The van der Waals surface area contributed by atoms with E-state index in [1.165, 1.54) is 16.7 Å². The van der Waals surface area contributed by atoms with Crippen LogP contribution < -0.4 is 5.32 Å². The molecule has 0 aliphatic carbocycles. The first-order chi connectivity index (χ1) is 6.93. The van der Waals surface area contributed by atoms with Gasteiger partial charge in [0.15, 0.2) is 0 Å². The maximum atomic E-state index is 5.86. The zero-order chi connectivity index (χ0) is 11.5. The summed E-state index contributed by atoms with van der Waals surface area (Å²) < 4.78 is 0. The Morgan fingerprint density at radius 2 is 1.67 bits per heavy atom. The van der Waals surface area contributed by atoms with Crippen LogP contribution in [-0.2, 0) is 6.54 Å². The SMILES string of the molecule is Cc1cc(C)cc(CNC(C)(C)CCl)c1. The highest BCUT2D eigenvalue weighted by Crippen LogP contribution is 2.11. The van der Waals surface area contributed by atoms with Gasteiger partial charge in [-0.15, -0.1) is 11.6 Å². The van der Waals surface area contributed by atoms with E-state index in [1.807, 2.05) is 0 Å². The van der Waals surface area contributed by atoms with E-state index in [1.54, 1.807) is 0 Å². The number of nitrogens with one attached hydrogen (secondary N) is 1. The Kier molecular flexibility index (Phi) is 4.18. The fourth-order valence-corrected chi connectivity index (χ4v) is 1.65.